The van der Waals surface area contributed by atoms with Crippen LogP contribution in [0, 0.1) is 5.92 Å². The van der Waals surface area contributed by atoms with E-state index in [0.29, 0.717) is 31.3 Å². The molecular weight excluding hydrogens is 338 g/mol. The smallest absolute Gasteiger partial charge is 0.408 e. The first-order chi connectivity index (χ1) is 12.2. The molecule has 0 bridgehead atoms. The monoisotopic (exact) mass is 365 g/mol. The Morgan fingerprint density at radius 2 is 1.92 bits per heavy atom. The van der Waals surface area contributed by atoms with Gasteiger partial charge < -0.3 is 24.7 Å². The molecule has 0 aliphatic carbocycles. The van der Waals surface area contributed by atoms with Crippen molar-refractivity contribution in [3.63, 3.8) is 0 Å². The predicted octanol–water partition coefficient (Wildman–Crippen LogP) is 1.77. The number of carbonyl (C=O) groups is 3. The molecule has 1 aliphatic heterocycles. The summed E-state index contributed by atoms with van der Waals surface area (Å²) in [7, 11) is 0. The summed E-state index contributed by atoms with van der Waals surface area (Å²) in [6.07, 6.45) is 2.50. The van der Waals surface area contributed by atoms with E-state index in [1.54, 1.807) is 37.8 Å². The van der Waals surface area contributed by atoms with E-state index >= 15 is 0 Å². The van der Waals surface area contributed by atoms with Crippen molar-refractivity contribution in [2.75, 3.05) is 26.2 Å². The van der Waals surface area contributed by atoms with Crippen LogP contribution in [-0.4, -0.2) is 54.6 Å². The quantitative estimate of drug-likeness (QED) is 0.828. The van der Waals surface area contributed by atoms with Crippen LogP contribution >= 0.6 is 0 Å². The highest BCUT2D eigenvalue weighted by Crippen LogP contribution is 2.18. The number of hydrogen-bond donors (Lipinski definition) is 2. The van der Waals surface area contributed by atoms with Crippen molar-refractivity contribution in [3.8, 4) is 0 Å². The van der Waals surface area contributed by atoms with Gasteiger partial charge in [-0.05, 0) is 51.7 Å². The third-order valence-electron chi connectivity index (χ3n) is 4.01. The molecule has 0 unspecified atom stereocenters. The topological polar surface area (TPSA) is 101 Å². The fourth-order valence-corrected chi connectivity index (χ4v) is 2.68. The van der Waals surface area contributed by atoms with Gasteiger partial charge in [0.1, 0.15) is 5.60 Å². The van der Waals surface area contributed by atoms with E-state index in [9.17, 15) is 14.4 Å². The lowest BCUT2D eigenvalue weighted by molar-refractivity contribution is -0.120. The van der Waals surface area contributed by atoms with Gasteiger partial charge in [0, 0.05) is 19.6 Å². The first kappa shape index (κ1) is 19.8. The minimum Gasteiger partial charge on any atom is -0.459 e. The van der Waals surface area contributed by atoms with Crippen LogP contribution in [0.15, 0.2) is 22.8 Å². The van der Waals surface area contributed by atoms with Crippen LogP contribution in [0.3, 0.4) is 0 Å². The van der Waals surface area contributed by atoms with Gasteiger partial charge in [-0.15, -0.1) is 0 Å². The maximum atomic E-state index is 12.2. The largest absolute Gasteiger partial charge is 0.459 e. The van der Waals surface area contributed by atoms with Gasteiger partial charge in [-0.3, -0.25) is 9.59 Å². The molecular formula is C18H27N3O5. The average molecular weight is 365 g/mol. The van der Waals surface area contributed by atoms with Crippen LogP contribution in [0.25, 0.3) is 0 Å². The summed E-state index contributed by atoms with van der Waals surface area (Å²) in [5, 5.41) is 5.24. The van der Waals surface area contributed by atoms with Crippen LogP contribution in [0.5, 0.6) is 0 Å². The molecule has 0 aromatic carbocycles. The molecule has 2 N–H and O–H groups in total. The van der Waals surface area contributed by atoms with Gasteiger partial charge in [0.2, 0.25) is 5.91 Å². The van der Waals surface area contributed by atoms with Crippen LogP contribution < -0.4 is 10.6 Å². The van der Waals surface area contributed by atoms with Gasteiger partial charge in [0.05, 0.1) is 12.8 Å². The summed E-state index contributed by atoms with van der Waals surface area (Å²) in [5.41, 5.74) is -0.596. The van der Waals surface area contributed by atoms with Crippen molar-refractivity contribution in [1.29, 1.82) is 0 Å². The molecule has 26 heavy (non-hydrogen) atoms. The summed E-state index contributed by atoms with van der Waals surface area (Å²) in [6, 6.07) is 3.35. The van der Waals surface area contributed by atoms with Gasteiger partial charge in [0.15, 0.2) is 5.76 Å². The molecule has 0 radical (unpaired) electrons. The number of furan rings is 1. The third kappa shape index (κ3) is 6.42. The van der Waals surface area contributed by atoms with Crippen LogP contribution in [0.4, 0.5) is 4.79 Å². The van der Waals surface area contributed by atoms with E-state index in [-0.39, 0.29) is 18.4 Å². The maximum Gasteiger partial charge on any atom is 0.408 e. The van der Waals surface area contributed by atoms with E-state index in [0.717, 1.165) is 12.8 Å². The number of piperidine rings is 1. The van der Waals surface area contributed by atoms with Gasteiger partial charge in [0.25, 0.3) is 5.91 Å². The number of rotatable bonds is 5. The molecule has 144 valence electrons. The van der Waals surface area contributed by atoms with Crippen LogP contribution in [-0.2, 0) is 9.53 Å². The second-order valence-corrected chi connectivity index (χ2v) is 7.37. The molecule has 2 heterocycles. The first-order valence-corrected chi connectivity index (χ1v) is 8.81. The van der Waals surface area contributed by atoms with E-state index in [2.05, 4.69) is 10.6 Å². The standard InChI is InChI=1S/C18H27N3O5/c1-18(2,3)26-17(24)20-12-15(22)19-11-13-6-8-21(9-7-13)16(23)14-5-4-10-25-14/h4-5,10,13H,6-9,11-12H2,1-3H3,(H,19,22)(H,20,24). The van der Waals surface area contributed by atoms with Crippen molar-refractivity contribution < 1.29 is 23.5 Å². The van der Waals surface area contributed by atoms with Crippen LogP contribution in [0.1, 0.15) is 44.2 Å². The summed E-state index contributed by atoms with van der Waals surface area (Å²) in [5.74, 6) is 0.301. The molecule has 0 saturated carbocycles. The van der Waals surface area contributed by atoms with E-state index in [1.165, 1.54) is 6.26 Å². The van der Waals surface area contributed by atoms with Crippen molar-refractivity contribution in [2.24, 2.45) is 5.92 Å². The van der Waals surface area contributed by atoms with E-state index in [4.69, 9.17) is 9.15 Å². The number of amides is 3. The molecule has 3 amide bonds. The summed E-state index contributed by atoms with van der Waals surface area (Å²) in [6.45, 7) is 6.95. The lowest BCUT2D eigenvalue weighted by Crippen LogP contribution is -2.44. The SMILES string of the molecule is CC(C)(C)OC(=O)NCC(=O)NCC1CCN(C(=O)c2ccco2)CC1. The predicted molar refractivity (Wildman–Crippen MR) is 94.6 cm³/mol. The number of hydrogen-bond acceptors (Lipinski definition) is 5. The minimum atomic E-state index is -0.614. The molecule has 8 nitrogen and oxygen atoms in total. The average Bonchev–Trinajstić information content (AvgIpc) is 3.11. The fourth-order valence-electron chi connectivity index (χ4n) is 2.68. The number of likely N-dealkylation sites (tertiary alicyclic amines) is 1. The highest BCUT2D eigenvalue weighted by Gasteiger charge is 2.25. The summed E-state index contributed by atoms with van der Waals surface area (Å²) < 4.78 is 10.2. The Bertz CT molecular complexity index is 613. The minimum absolute atomic E-state index is 0.0981. The second-order valence-electron chi connectivity index (χ2n) is 7.37. The first-order valence-electron chi connectivity index (χ1n) is 8.81. The van der Waals surface area contributed by atoms with E-state index in [1.807, 2.05) is 0 Å². The summed E-state index contributed by atoms with van der Waals surface area (Å²) >= 11 is 0. The number of carbonyl (C=O) groups excluding carboxylic acids is 3. The van der Waals surface area contributed by atoms with Gasteiger partial charge >= 0.3 is 6.09 Å². The Kier molecular flexibility index (Phi) is 6.65. The van der Waals surface area contributed by atoms with Gasteiger partial charge in [-0.25, -0.2) is 4.79 Å². The highest BCUT2D eigenvalue weighted by atomic mass is 16.6. The van der Waals surface area contributed by atoms with Crippen molar-refractivity contribution >= 4 is 17.9 Å². The van der Waals surface area contributed by atoms with Gasteiger partial charge in [-0.1, -0.05) is 0 Å². The lowest BCUT2D eigenvalue weighted by Gasteiger charge is -2.31. The maximum absolute atomic E-state index is 12.2. The summed E-state index contributed by atoms with van der Waals surface area (Å²) in [4.78, 5) is 37.3. The van der Waals surface area contributed by atoms with Crippen molar-refractivity contribution in [3.05, 3.63) is 24.2 Å². The Hall–Kier alpha value is -2.51. The number of nitrogens with one attached hydrogen (secondary N) is 2. The molecule has 1 saturated heterocycles. The van der Waals surface area contributed by atoms with Crippen molar-refractivity contribution in [1.82, 2.24) is 15.5 Å². The molecule has 8 heteroatoms. The number of ether oxygens (including phenoxy) is 1. The van der Waals surface area contributed by atoms with E-state index < -0.39 is 11.7 Å². The Morgan fingerprint density at radius 1 is 1.23 bits per heavy atom. The molecule has 0 spiro atoms. The lowest BCUT2D eigenvalue weighted by atomic mass is 9.96. The second kappa shape index (κ2) is 8.73. The van der Waals surface area contributed by atoms with Crippen LogP contribution in [0.2, 0.25) is 0 Å². The normalized spacial score (nSPS) is 15.4. The zero-order valence-corrected chi connectivity index (χ0v) is 15.5. The number of nitrogens with zero attached hydrogens (tertiary/aromatic N) is 1. The molecule has 1 aromatic heterocycles. The Balaban J connectivity index is 1.63. The molecule has 1 fully saturated rings. The van der Waals surface area contributed by atoms with Gasteiger partial charge in [-0.2, -0.15) is 0 Å². The fraction of sp³-hybridized carbons (Fsp3) is 0.611. The zero-order valence-electron chi connectivity index (χ0n) is 15.5. The molecule has 1 aromatic rings. The molecule has 2 rings (SSSR count). The third-order valence-corrected chi connectivity index (χ3v) is 4.01. The van der Waals surface area contributed by atoms with Crippen molar-refractivity contribution in [2.45, 2.75) is 39.2 Å². The molecule has 1 aliphatic rings. The molecule has 0 atom stereocenters. The highest BCUT2D eigenvalue weighted by molar-refractivity contribution is 5.91. The zero-order chi connectivity index (χ0) is 19.2. The Labute approximate surface area is 153 Å². The number of alkyl carbamates (subject to hydrolysis) is 1. The Morgan fingerprint density at radius 3 is 2.50 bits per heavy atom.